The van der Waals surface area contributed by atoms with Gasteiger partial charge in [0.2, 0.25) is 11.8 Å². The number of nitrogens with one attached hydrogen (secondary N) is 1. The first-order chi connectivity index (χ1) is 11.7. The van der Waals surface area contributed by atoms with Gasteiger partial charge in [0.1, 0.15) is 0 Å². The van der Waals surface area contributed by atoms with Crippen LogP contribution in [0.1, 0.15) is 18.4 Å². The highest BCUT2D eigenvalue weighted by molar-refractivity contribution is 8.14. The summed E-state index contributed by atoms with van der Waals surface area (Å²) < 4.78 is 0. The van der Waals surface area contributed by atoms with Crippen molar-refractivity contribution in [1.82, 2.24) is 10.2 Å². The summed E-state index contributed by atoms with van der Waals surface area (Å²) in [7, 11) is 0. The molecule has 3 rings (SSSR count). The minimum atomic E-state index is -0.0314. The molecule has 5 nitrogen and oxygen atoms in total. The second kappa shape index (κ2) is 8.15. The molecule has 0 unspecified atom stereocenters. The number of hydrogen-bond acceptors (Lipinski definition) is 4. The SMILES string of the molecule is O=C(NC1=NCCS1)C1CCN(C(=O)C=Cc2ccccc2)CC1. The molecule has 1 fully saturated rings. The Morgan fingerprint density at radius 3 is 2.62 bits per heavy atom. The normalized spacial score (nSPS) is 18.7. The van der Waals surface area contributed by atoms with Crippen LogP contribution in [-0.2, 0) is 9.59 Å². The summed E-state index contributed by atoms with van der Waals surface area (Å²) in [4.78, 5) is 30.5. The molecule has 126 valence electrons. The van der Waals surface area contributed by atoms with E-state index in [1.165, 1.54) is 0 Å². The number of aliphatic imine (C=N–C) groups is 1. The number of piperidine rings is 1. The summed E-state index contributed by atoms with van der Waals surface area (Å²) in [6.07, 6.45) is 4.85. The van der Waals surface area contributed by atoms with Gasteiger partial charge in [-0.1, -0.05) is 42.1 Å². The van der Waals surface area contributed by atoms with Gasteiger partial charge in [0.05, 0.1) is 6.54 Å². The zero-order valence-electron chi connectivity index (χ0n) is 13.5. The van der Waals surface area contributed by atoms with E-state index in [2.05, 4.69) is 10.3 Å². The zero-order chi connectivity index (χ0) is 16.8. The second-order valence-corrected chi connectivity index (χ2v) is 6.95. The van der Waals surface area contributed by atoms with Crippen LogP contribution in [0.4, 0.5) is 0 Å². The lowest BCUT2D eigenvalue weighted by atomic mass is 9.96. The Kier molecular flexibility index (Phi) is 5.69. The molecule has 2 aliphatic heterocycles. The summed E-state index contributed by atoms with van der Waals surface area (Å²) in [5.74, 6) is 0.954. The maximum absolute atomic E-state index is 12.2. The Morgan fingerprint density at radius 2 is 1.96 bits per heavy atom. The van der Waals surface area contributed by atoms with Gasteiger partial charge in [-0.05, 0) is 24.5 Å². The maximum atomic E-state index is 12.2. The van der Waals surface area contributed by atoms with Crippen LogP contribution in [0.5, 0.6) is 0 Å². The smallest absolute Gasteiger partial charge is 0.246 e. The van der Waals surface area contributed by atoms with E-state index in [0.717, 1.165) is 23.0 Å². The third-order valence-electron chi connectivity index (χ3n) is 4.21. The predicted octanol–water partition coefficient (Wildman–Crippen LogP) is 2.16. The van der Waals surface area contributed by atoms with Crippen molar-refractivity contribution >= 4 is 34.8 Å². The van der Waals surface area contributed by atoms with Crippen LogP contribution in [0.2, 0.25) is 0 Å². The summed E-state index contributed by atoms with van der Waals surface area (Å²) >= 11 is 1.59. The van der Waals surface area contributed by atoms with E-state index in [-0.39, 0.29) is 17.7 Å². The average Bonchev–Trinajstić information content (AvgIpc) is 3.13. The van der Waals surface area contributed by atoms with Gasteiger partial charge in [0, 0.05) is 30.8 Å². The summed E-state index contributed by atoms with van der Waals surface area (Å²) in [5, 5.41) is 3.64. The van der Waals surface area contributed by atoms with Gasteiger partial charge >= 0.3 is 0 Å². The number of hydrogen-bond donors (Lipinski definition) is 1. The van der Waals surface area contributed by atoms with Crippen LogP contribution in [0.25, 0.3) is 6.08 Å². The molecule has 2 heterocycles. The molecule has 6 heteroatoms. The Balaban J connectivity index is 1.46. The number of amides is 2. The summed E-state index contributed by atoms with van der Waals surface area (Å²) in [5.41, 5.74) is 1.01. The number of amidine groups is 1. The van der Waals surface area contributed by atoms with Crippen molar-refractivity contribution in [2.45, 2.75) is 12.8 Å². The van der Waals surface area contributed by atoms with Crippen molar-refractivity contribution in [2.75, 3.05) is 25.4 Å². The molecule has 0 radical (unpaired) electrons. The number of carbonyl (C=O) groups is 2. The lowest BCUT2D eigenvalue weighted by Crippen LogP contribution is -2.43. The van der Waals surface area contributed by atoms with Crippen molar-refractivity contribution in [3.63, 3.8) is 0 Å². The van der Waals surface area contributed by atoms with E-state index < -0.39 is 0 Å². The summed E-state index contributed by atoms with van der Waals surface area (Å²) in [6, 6.07) is 9.77. The fourth-order valence-corrected chi connectivity index (χ4v) is 3.55. The minimum Gasteiger partial charge on any atom is -0.339 e. The van der Waals surface area contributed by atoms with E-state index in [0.29, 0.717) is 25.9 Å². The second-order valence-electron chi connectivity index (χ2n) is 5.87. The van der Waals surface area contributed by atoms with Gasteiger partial charge in [0.15, 0.2) is 5.17 Å². The van der Waals surface area contributed by atoms with E-state index >= 15 is 0 Å². The Hall–Kier alpha value is -2.08. The minimum absolute atomic E-state index is 0.00781. The molecule has 24 heavy (non-hydrogen) atoms. The number of thioether (sulfide) groups is 1. The molecular weight excluding hydrogens is 322 g/mol. The standard InChI is InChI=1S/C18H21N3O2S/c22-16(7-6-14-4-2-1-3-5-14)21-11-8-15(9-12-21)17(23)20-18-19-10-13-24-18/h1-7,15H,8-13H2,(H,19,20,23). The number of rotatable bonds is 3. The Bertz CT molecular complexity index is 649. The highest BCUT2D eigenvalue weighted by Gasteiger charge is 2.27. The molecule has 0 saturated carbocycles. The van der Waals surface area contributed by atoms with Crippen molar-refractivity contribution in [3.8, 4) is 0 Å². The van der Waals surface area contributed by atoms with E-state index in [9.17, 15) is 9.59 Å². The molecule has 0 spiro atoms. The third kappa shape index (κ3) is 4.47. The quantitative estimate of drug-likeness (QED) is 0.856. The van der Waals surface area contributed by atoms with E-state index in [1.807, 2.05) is 41.3 Å². The molecular formula is C18H21N3O2S. The monoisotopic (exact) mass is 343 g/mol. The van der Waals surface area contributed by atoms with E-state index in [1.54, 1.807) is 17.8 Å². The Morgan fingerprint density at radius 1 is 1.21 bits per heavy atom. The largest absolute Gasteiger partial charge is 0.339 e. The highest BCUT2D eigenvalue weighted by atomic mass is 32.2. The first-order valence-corrected chi connectivity index (χ1v) is 9.21. The van der Waals surface area contributed by atoms with Gasteiger partial charge in [-0.25, -0.2) is 0 Å². The van der Waals surface area contributed by atoms with Gasteiger partial charge in [-0.15, -0.1) is 0 Å². The fraction of sp³-hybridized carbons (Fsp3) is 0.389. The molecule has 2 amide bonds. The average molecular weight is 343 g/mol. The van der Waals surface area contributed by atoms with Crippen LogP contribution in [0, 0.1) is 5.92 Å². The van der Waals surface area contributed by atoms with Crippen LogP contribution in [-0.4, -0.2) is 47.3 Å². The van der Waals surface area contributed by atoms with Gasteiger partial charge in [0.25, 0.3) is 0 Å². The van der Waals surface area contributed by atoms with Crippen molar-refractivity contribution in [3.05, 3.63) is 42.0 Å². The highest BCUT2D eigenvalue weighted by Crippen LogP contribution is 2.19. The number of benzene rings is 1. The lowest BCUT2D eigenvalue weighted by Gasteiger charge is -2.30. The first kappa shape index (κ1) is 16.8. The molecule has 1 N–H and O–H groups in total. The molecule has 0 atom stereocenters. The number of likely N-dealkylation sites (tertiary alicyclic amines) is 1. The van der Waals surface area contributed by atoms with E-state index in [4.69, 9.17) is 0 Å². The maximum Gasteiger partial charge on any atom is 0.246 e. The van der Waals surface area contributed by atoms with Crippen molar-refractivity contribution in [2.24, 2.45) is 10.9 Å². The summed E-state index contributed by atoms with van der Waals surface area (Å²) in [6.45, 7) is 2.02. The molecule has 2 aliphatic rings. The molecule has 1 aromatic rings. The Labute approximate surface area is 146 Å². The van der Waals surface area contributed by atoms with Crippen LogP contribution in [0.15, 0.2) is 41.4 Å². The molecule has 0 bridgehead atoms. The van der Waals surface area contributed by atoms with Crippen molar-refractivity contribution < 1.29 is 9.59 Å². The molecule has 1 aromatic carbocycles. The van der Waals surface area contributed by atoms with Crippen LogP contribution < -0.4 is 5.32 Å². The van der Waals surface area contributed by atoms with Crippen LogP contribution in [0.3, 0.4) is 0 Å². The molecule has 0 aromatic heterocycles. The predicted molar refractivity (Wildman–Crippen MR) is 97.7 cm³/mol. The van der Waals surface area contributed by atoms with Crippen LogP contribution >= 0.6 is 11.8 Å². The zero-order valence-corrected chi connectivity index (χ0v) is 14.3. The fourth-order valence-electron chi connectivity index (χ4n) is 2.82. The number of nitrogens with zero attached hydrogens (tertiary/aromatic N) is 2. The molecule has 1 saturated heterocycles. The number of carbonyl (C=O) groups excluding carboxylic acids is 2. The van der Waals surface area contributed by atoms with Gasteiger partial charge in [-0.2, -0.15) is 0 Å². The van der Waals surface area contributed by atoms with Gasteiger partial charge in [-0.3, -0.25) is 14.6 Å². The first-order valence-electron chi connectivity index (χ1n) is 8.22. The topological polar surface area (TPSA) is 61.8 Å². The molecule has 0 aliphatic carbocycles. The lowest BCUT2D eigenvalue weighted by molar-refractivity contribution is -0.131. The van der Waals surface area contributed by atoms with Gasteiger partial charge < -0.3 is 10.2 Å². The van der Waals surface area contributed by atoms with Crippen molar-refractivity contribution in [1.29, 1.82) is 0 Å². The third-order valence-corrected chi connectivity index (χ3v) is 5.10.